The molecular weight excluding hydrogens is 273 g/mol. The van der Waals surface area contributed by atoms with Crippen LogP contribution in [0, 0.1) is 0 Å². The molecule has 0 spiro atoms. The van der Waals surface area contributed by atoms with Crippen LogP contribution in [0.5, 0.6) is 11.5 Å². The Morgan fingerprint density at radius 1 is 1.20 bits per heavy atom. The second-order valence-corrected chi connectivity index (χ2v) is 4.30. The predicted octanol–water partition coefficient (Wildman–Crippen LogP) is 2.94. The Kier molecular flexibility index (Phi) is 6.09. The molecule has 0 aliphatic heterocycles. The molecule has 0 aliphatic rings. The largest absolute Gasteiger partial charge is 0.496 e. The van der Waals surface area contributed by atoms with Gasteiger partial charge in [-0.25, -0.2) is 0 Å². The van der Waals surface area contributed by atoms with Crippen molar-refractivity contribution in [3.8, 4) is 11.5 Å². The Morgan fingerprint density at radius 3 is 2.15 bits per heavy atom. The fourth-order valence-corrected chi connectivity index (χ4v) is 2.04. The van der Waals surface area contributed by atoms with Crippen molar-refractivity contribution < 1.29 is 22.6 Å². The van der Waals surface area contributed by atoms with E-state index in [9.17, 15) is 13.2 Å². The number of rotatable bonds is 7. The van der Waals surface area contributed by atoms with E-state index in [1.54, 1.807) is 18.2 Å². The van der Waals surface area contributed by atoms with Gasteiger partial charge in [-0.15, -0.1) is 0 Å². The van der Waals surface area contributed by atoms with E-state index in [2.05, 4.69) is 5.43 Å². The van der Waals surface area contributed by atoms with Crippen molar-refractivity contribution in [3.63, 3.8) is 0 Å². The molecular formula is C13H19F3N2O2. The molecule has 0 saturated carbocycles. The van der Waals surface area contributed by atoms with Gasteiger partial charge in [0.05, 0.1) is 25.8 Å². The quantitative estimate of drug-likeness (QED) is 0.599. The fraction of sp³-hybridized carbons (Fsp3) is 0.538. The van der Waals surface area contributed by atoms with E-state index < -0.39 is 18.6 Å². The fourth-order valence-electron chi connectivity index (χ4n) is 2.04. The zero-order chi connectivity index (χ0) is 15.2. The van der Waals surface area contributed by atoms with E-state index in [0.29, 0.717) is 17.1 Å². The minimum Gasteiger partial charge on any atom is -0.496 e. The van der Waals surface area contributed by atoms with Crippen molar-refractivity contribution in [3.05, 3.63) is 23.8 Å². The number of halogens is 3. The van der Waals surface area contributed by atoms with Gasteiger partial charge in [-0.3, -0.25) is 11.3 Å². The third kappa shape index (κ3) is 4.57. The number of nitrogens with two attached hydrogens (primary N) is 1. The lowest BCUT2D eigenvalue weighted by Gasteiger charge is -2.21. The van der Waals surface area contributed by atoms with Gasteiger partial charge in [0.2, 0.25) is 0 Å². The van der Waals surface area contributed by atoms with E-state index in [-0.39, 0.29) is 12.8 Å². The molecule has 0 aromatic heterocycles. The number of ether oxygens (including phenoxy) is 2. The van der Waals surface area contributed by atoms with Gasteiger partial charge in [0.1, 0.15) is 11.5 Å². The molecule has 0 radical (unpaired) electrons. The van der Waals surface area contributed by atoms with Crippen LogP contribution in [0.15, 0.2) is 18.2 Å². The van der Waals surface area contributed by atoms with E-state index in [4.69, 9.17) is 15.3 Å². The van der Waals surface area contributed by atoms with Crippen molar-refractivity contribution in [2.45, 2.75) is 31.5 Å². The van der Waals surface area contributed by atoms with Gasteiger partial charge in [-0.2, -0.15) is 13.2 Å². The zero-order valence-corrected chi connectivity index (χ0v) is 11.5. The summed E-state index contributed by atoms with van der Waals surface area (Å²) in [6.45, 7) is 0. The van der Waals surface area contributed by atoms with Gasteiger partial charge in [-0.05, 0) is 25.0 Å². The van der Waals surface area contributed by atoms with Gasteiger partial charge in [0.15, 0.2) is 0 Å². The highest BCUT2D eigenvalue weighted by atomic mass is 19.4. The summed E-state index contributed by atoms with van der Waals surface area (Å²) < 4.78 is 47.0. The maximum atomic E-state index is 12.2. The van der Waals surface area contributed by atoms with Crippen molar-refractivity contribution in [1.29, 1.82) is 0 Å². The van der Waals surface area contributed by atoms with Crippen LogP contribution in [0.1, 0.15) is 30.9 Å². The van der Waals surface area contributed by atoms with E-state index >= 15 is 0 Å². The minimum absolute atomic E-state index is 0.0282. The molecule has 0 fully saturated rings. The van der Waals surface area contributed by atoms with Gasteiger partial charge in [0, 0.05) is 6.42 Å². The van der Waals surface area contributed by atoms with Crippen LogP contribution in [-0.4, -0.2) is 20.4 Å². The second kappa shape index (κ2) is 7.35. The number of methoxy groups -OCH3 is 2. The third-order valence-electron chi connectivity index (χ3n) is 2.97. The molecule has 1 unspecified atom stereocenters. The maximum Gasteiger partial charge on any atom is 0.389 e. The lowest BCUT2D eigenvalue weighted by Crippen LogP contribution is -2.29. The van der Waals surface area contributed by atoms with Crippen LogP contribution >= 0.6 is 0 Å². The molecule has 1 atom stereocenters. The van der Waals surface area contributed by atoms with Gasteiger partial charge in [0.25, 0.3) is 0 Å². The highest BCUT2D eigenvalue weighted by molar-refractivity contribution is 5.46. The van der Waals surface area contributed by atoms with Crippen molar-refractivity contribution >= 4 is 0 Å². The van der Waals surface area contributed by atoms with Crippen LogP contribution in [-0.2, 0) is 0 Å². The Labute approximate surface area is 116 Å². The van der Waals surface area contributed by atoms with Gasteiger partial charge >= 0.3 is 6.18 Å². The number of nitrogens with one attached hydrogen (secondary N) is 1. The Hall–Kier alpha value is -1.47. The van der Waals surface area contributed by atoms with Crippen molar-refractivity contribution in [2.24, 2.45) is 5.84 Å². The molecule has 20 heavy (non-hydrogen) atoms. The van der Waals surface area contributed by atoms with Crippen LogP contribution in [0.2, 0.25) is 0 Å². The van der Waals surface area contributed by atoms with E-state index in [1.165, 1.54) is 14.2 Å². The Morgan fingerprint density at radius 2 is 1.75 bits per heavy atom. The van der Waals surface area contributed by atoms with Crippen molar-refractivity contribution in [2.75, 3.05) is 14.2 Å². The zero-order valence-electron chi connectivity index (χ0n) is 11.5. The number of hydrogen-bond acceptors (Lipinski definition) is 4. The minimum atomic E-state index is -4.16. The SMILES string of the molecule is COc1cccc(OC)c1C(CCCC(F)(F)F)NN. The first-order valence-electron chi connectivity index (χ1n) is 6.16. The highest BCUT2D eigenvalue weighted by Crippen LogP contribution is 2.36. The van der Waals surface area contributed by atoms with E-state index in [0.717, 1.165) is 0 Å². The number of alkyl halides is 3. The average Bonchev–Trinajstić information content (AvgIpc) is 2.41. The molecule has 4 nitrogen and oxygen atoms in total. The molecule has 1 aromatic carbocycles. The topological polar surface area (TPSA) is 56.5 Å². The second-order valence-electron chi connectivity index (χ2n) is 4.30. The molecule has 114 valence electrons. The maximum absolute atomic E-state index is 12.2. The monoisotopic (exact) mass is 292 g/mol. The molecule has 7 heteroatoms. The molecule has 0 heterocycles. The first kappa shape index (κ1) is 16.6. The smallest absolute Gasteiger partial charge is 0.389 e. The number of hydrogen-bond donors (Lipinski definition) is 2. The molecule has 0 amide bonds. The predicted molar refractivity (Wildman–Crippen MR) is 69.5 cm³/mol. The van der Waals surface area contributed by atoms with Crippen LogP contribution in [0.25, 0.3) is 0 Å². The first-order chi connectivity index (χ1) is 9.42. The standard InChI is InChI=1S/C13H19F3N2O2/c1-19-10-6-3-7-11(20-2)12(10)9(18-17)5-4-8-13(14,15)16/h3,6-7,9,18H,4-5,8,17H2,1-2H3. The summed E-state index contributed by atoms with van der Waals surface area (Å²) in [4.78, 5) is 0. The lowest BCUT2D eigenvalue weighted by molar-refractivity contribution is -0.135. The average molecular weight is 292 g/mol. The normalized spacial score (nSPS) is 13.1. The summed E-state index contributed by atoms with van der Waals surface area (Å²) in [6.07, 6.45) is -4.81. The molecule has 1 rings (SSSR count). The Balaban J connectivity index is 2.88. The molecule has 0 bridgehead atoms. The number of benzene rings is 1. The highest BCUT2D eigenvalue weighted by Gasteiger charge is 2.28. The van der Waals surface area contributed by atoms with Crippen molar-refractivity contribution in [1.82, 2.24) is 5.43 Å². The molecule has 1 aromatic rings. The summed E-state index contributed by atoms with van der Waals surface area (Å²) in [5.74, 6) is 6.51. The number of hydrazine groups is 1. The third-order valence-corrected chi connectivity index (χ3v) is 2.97. The lowest BCUT2D eigenvalue weighted by atomic mass is 9.99. The summed E-state index contributed by atoms with van der Waals surface area (Å²) in [5, 5.41) is 0. The van der Waals surface area contributed by atoms with Gasteiger partial charge < -0.3 is 9.47 Å². The summed E-state index contributed by atoms with van der Waals surface area (Å²) in [6, 6.07) is 4.70. The summed E-state index contributed by atoms with van der Waals surface area (Å²) >= 11 is 0. The van der Waals surface area contributed by atoms with Crippen LogP contribution < -0.4 is 20.7 Å². The van der Waals surface area contributed by atoms with E-state index in [1.807, 2.05) is 0 Å². The molecule has 0 saturated heterocycles. The molecule has 3 N–H and O–H groups in total. The summed E-state index contributed by atoms with van der Waals surface area (Å²) in [7, 11) is 2.98. The Bertz CT molecular complexity index is 402. The van der Waals surface area contributed by atoms with Crippen LogP contribution in [0.4, 0.5) is 13.2 Å². The van der Waals surface area contributed by atoms with Gasteiger partial charge in [-0.1, -0.05) is 6.07 Å². The molecule has 0 aliphatic carbocycles. The summed E-state index contributed by atoms with van der Waals surface area (Å²) in [5.41, 5.74) is 3.15. The van der Waals surface area contributed by atoms with Crippen LogP contribution in [0.3, 0.4) is 0 Å². The first-order valence-corrected chi connectivity index (χ1v) is 6.16.